The number of piperidine rings is 1. The summed E-state index contributed by atoms with van der Waals surface area (Å²) in [7, 11) is 0. The van der Waals surface area contributed by atoms with Crippen LogP contribution in [0.25, 0.3) is 5.65 Å². The lowest BCUT2D eigenvalue weighted by Gasteiger charge is -2.39. The SMILES string of the molecule is Cc1cc(Nc2nc(N[C@@H]3C[C@H]4CC[C@@H](C3)N4CCC#N)cn3ccnc23)n[nH]1. The number of hydrogen-bond donors (Lipinski definition) is 3. The van der Waals surface area contributed by atoms with Crippen molar-refractivity contribution >= 4 is 23.1 Å². The Morgan fingerprint density at radius 3 is 2.83 bits per heavy atom. The first kappa shape index (κ1) is 17.9. The van der Waals surface area contributed by atoms with E-state index in [2.05, 4.69) is 36.8 Å². The van der Waals surface area contributed by atoms with Crippen molar-refractivity contribution in [2.24, 2.45) is 0 Å². The van der Waals surface area contributed by atoms with E-state index in [1.54, 1.807) is 6.20 Å². The zero-order chi connectivity index (χ0) is 19.8. The molecule has 2 aliphatic rings. The highest BCUT2D eigenvalue weighted by Gasteiger charge is 2.40. The number of rotatable bonds is 6. The number of hydrogen-bond acceptors (Lipinski definition) is 7. The van der Waals surface area contributed by atoms with Crippen LogP contribution >= 0.6 is 0 Å². The molecule has 0 radical (unpaired) electrons. The van der Waals surface area contributed by atoms with E-state index in [9.17, 15) is 0 Å². The van der Waals surface area contributed by atoms with Gasteiger partial charge in [-0.3, -0.25) is 10.00 Å². The number of nitrogens with one attached hydrogen (secondary N) is 3. The number of anilines is 3. The second kappa shape index (κ2) is 7.37. The van der Waals surface area contributed by atoms with Crippen molar-refractivity contribution in [3.63, 3.8) is 0 Å². The van der Waals surface area contributed by atoms with Crippen molar-refractivity contribution in [3.05, 3.63) is 30.4 Å². The third kappa shape index (κ3) is 3.51. The summed E-state index contributed by atoms with van der Waals surface area (Å²) in [6.45, 7) is 2.86. The maximum Gasteiger partial charge on any atom is 0.180 e. The third-order valence-electron chi connectivity index (χ3n) is 6.04. The van der Waals surface area contributed by atoms with Gasteiger partial charge in [-0.25, -0.2) is 9.97 Å². The zero-order valence-electron chi connectivity index (χ0n) is 16.5. The Kier molecular flexibility index (Phi) is 4.56. The highest BCUT2D eigenvalue weighted by molar-refractivity contribution is 5.70. The Balaban J connectivity index is 1.34. The minimum Gasteiger partial charge on any atom is -0.366 e. The molecule has 0 saturated carbocycles. The maximum absolute atomic E-state index is 8.92. The second-order valence-electron chi connectivity index (χ2n) is 8.04. The lowest BCUT2D eigenvalue weighted by atomic mass is 9.97. The van der Waals surface area contributed by atoms with Gasteiger partial charge in [0.2, 0.25) is 0 Å². The predicted octanol–water partition coefficient (Wildman–Crippen LogP) is 2.83. The van der Waals surface area contributed by atoms with E-state index in [1.807, 2.05) is 29.8 Å². The molecule has 0 amide bonds. The normalized spacial score (nSPS) is 23.9. The largest absolute Gasteiger partial charge is 0.366 e. The number of imidazole rings is 1. The van der Waals surface area contributed by atoms with Gasteiger partial charge in [0.15, 0.2) is 17.3 Å². The fourth-order valence-corrected chi connectivity index (χ4v) is 4.83. The van der Waals surface area contributed by atoms with Gasteiger partial charge in [-0.1, -0.05) is 0 Å². The summed E-state index contributed by atoms with van der Waals surface area (Å²) in [6.07, 6.45) is 11.0. The molecule has 29 heavy (non-hydrogen) atoms. The third-order valence-corrected chi connectivity index (χ3v) is 6.04. The molecular formula is C20H25N9. The molecule has 0 aliphatic carbocycles. The average Bonchev–Trinajstić information content (AvgIpc) is 3.39. The lowest BCUT2D eigenvalue weighted by molar-refractivity contribution is 0.135. The van der Waals surface area contributed by atoms with Crippen LogP contribution in [0.2, 0.25) is 0 Å². The standard InChI is InChI=1S/C20H25N9/c1-13-9-17(27-26-13)24-19-20-22-6-8-28(20)12-18(25-19)23-14-10-15-3-4-16(11-14)29(15)7-2-5-21/h6,8-9,12,14-16,23H,2-4,7,10-11H2,1H3,(H2,24,25,26,27)/t14-,15-,16+. The van der Waals surface area contributed by atoms with E-state index in [0.717, 1.165) is 42.4 Å². The molecule has 9 nitrogen and oxygen atoms in total. The summed E-state index contributed by atoms with van der Waals surface area (Å²) in [5, 5.41) is 23.0. The first-order chi connectivity index (χ1) is 14.2. The summed E-state index contributed by atoms with van der Waals surface area (Å²) in [5.41, 5.74) is 1.75. The molecule has 150 valence electrons. The molecule has 3 atom stereocenters. The van der Waals surface area contributed by atoms with Gasteiger partial charge in [-0.2, -0.15) is 10.4 Å². The number of aromatic amines is 1. The van der Waals surface area contributed by atoms with Crippen molar-refractivity contribution < 1.29 is 0 Å². The quantitative estimate of drug-likeness (QED) is 0.593. The Hall–Kier alpha value is -3.12. The zero-order valence-corrected chi connectivity index (χ0v) is 16.5. The van der Waals surface area contributed by atoms with E-state index >= 15 is 0 Å². The molecule has 2 fully saturated rings. The van der Waals surface area contributed by atoms with Crippen LogP contribution in [-0.4, -0.2) is 54.1 Å². The van der Waals surface area contributed by atoms with Gasteiger partial charge in [-0.15, -0.1) is 0 Å². The number of fused-ring (bicyclic) bond motifs is 3. The van der Waals surface area contributed by atoms with Crippen LogP contribution in [0, 0.1) is 18.3 Å². The van der Waals surface area contributed by atoms with Crippen molar-refractivity contribution in [1.29, 1.82) is 5.26 Å². The van der Waals surface area contributed by atoms with Gasteiger partial charge in [0.25, 0.3) is 0 Å². The van der Waals surface area contributed by atoms with Crippen LogP contribution in [0.4, 0.5) is 17.5 Å². The van der Waals surface area contributed by atoms with Crippen LogP contribution in [0.1, 0.15) is 37.8 Å². The van der Waals surface area contributed by atoms with Gasteiger partial charge in [-0.05, 0) is 32.6 Å². The Morgan fingerprint density at radius 2 is 2.10 bits per heavy atom. The number of H-pyrrole nitrogens is 1. The Bertz CT molecular complexity index is 1030. The fourth-order valence-electron chi connectivity index (χ4n) is 4.83. The second-order valence-corrected chi connectivity index (χ2v) is 8.04. The van der Waals surface area contributed by atoms with Crippen LogP contribution in [0.5, 0.6) is 0 Å². The van der Waals surface area contributed by atoms with E-state index in [1.165, 1.54) is 12.8 Å². The van der Waals surface area contributed by atoms with Crippen LogP contribution in [0.3, 0.4) is 0 Å². The lowest BCUT2D eigenvalue weighted by Crippen LogP contribution is -2.47. The van der Waals surface area contributed by atoms with Gasteiger partial charge in [0.1, 0.15) is 5.82 Å². The molecule has 2 saturated heterocycles. The number of aromatic nitrogens is 5. The molecule has 5 heterocycles. The Morgan fingerprint density at radius 1 is 1.28 bits per heavy atom. The maximum atomic E-state index is 8.92. The van der Waals surface area contributed by atoms with Gasteiger partial charge in [0.05, 0.1) is 12.3 Å². The molecule has 0 aromatic carbocycles. The number of nitriles is 1. The highest BCUT2D eigenvalue weighted by Crippen LogP contribution is 2.36. The average molecular weight is 391 g/mol. The molecule has 5 rings (SSSR count). The van der Waals surface area contributed by atoms with Crippen molar-refractivity contribution in [2.45, 2.75) is 57.2 Å². The summed E-state index contributed by atoms with van der Waals surface area (Å²) < 4.78 is 1.98. The minimum atomic E-state index is 0.389. The van der Waals surface area contributed by atoms with Crippen molar-refractivity contribution in [1.82, 2.24) is 29.5 Å². The predicted molar refractivity (Wildman–Crippen MR) is 110 cm³/mol. The molecule has 3 aromatic heterocycles. The van der Waals surface area contributed by atoms with E-state index in [4.69, 9.17) is 10.2 Å². The molecule has 3 aromatic rings. The first-order valence-corrected chi connectivity index (χ1v) is 10.2. The number of nitrogens with zero attached hydrogens (tertiary/aromatic N) is 6. The minimum absolute atomic E-state index is 0.389. The first-order valence-electron chi connectivity index (χ1n) is 10.2. The van der Waals surface area contributed by atoms with Crippen LogP contribution in [0.15, 0.2) is 24.7 Å². The van der Waals surface area contributed by atoms with Crippen molar-refractivity contribution in [3.8, 4) is 6.07 Å². The summed E-state index contributed by atoms with van der Waals surface area (Å²) in [4.78, 5) is 11.8. The summed E-state index contributed by atoms with van der Waals surface area (Å²) in [6, 6.07) is 5.76. The van der Waals surface area contributed by atoms with Gasteiger partial charge < -0.3 is 15.0 Å². The Labute approximate surface area is 169 Å². The molecule has 2 aliphatic heterocycles. The summed E-state index contributed by atoms with van der Waals surface area (Å²) >= 11 is 0. The smallest absolute Gasteiger partial charge is 0.180 e. The molecular weight excluding hydrogens is 366 g/mol. The molecule has 3 N–H and O–H groups in total. The number of aryl methyl sites for hydroxylation is 1. The van der Waals surface area contributed by atoms with Crippen LogP contribution < -0.4 is 10.6 Å². The topological polar surface area (TPSA) is 110 Å². The summed E-state index contributed by atoms with van der Waals surface area (Å²) in [5.74, 6) is 2.24. The van der Waals surface area contributed by atoms with Crippen molar-refractivity contribution in [2.75, 3.05) is 17.2 Å². The van der Waals surface area contributed by atoms with Gasteiger partial charge >= 0.3 is 0 Å². The molecule has 0 spiro atoms. The van der Waals surface area contributed by atoms with E-state index < -0.39 is 0 Å². The molecule has 9 heteroatoms. The fraction of sp³-hybridized carbons (Fsp3) is 0.500. The monoisotopic (exact) mass is 391 g/mol. The highest BCUT2D eigenvalue weighted by atomic mass is 15.2. The molecule has 2 bridgehead atoms. The van der Waals surface area contributed by atoms with E-state index in [0.29, 0.717) is 30.4 Å². The molecule has 0 unspecified atom stereocenters. The van der Waals surface area contributed by atoms with Crippen LogP contribution in [-0.2, 0) is 0 Å². The van der Waals surface area contributed by atoms with E-state index in [-0.39, 0.29) is 0 Å². The van der Waals surface area contributed by atoms with Gasteiger partial charge in [0, 0.05) is 55.2 Å².